The fourth-order valence-corrected chi connectivity index (χ4v) is 4.86. The van der Waals surface area contributed by atoms with Gasteiger partial charge in [0.2, 0.25) is 0 Å². The first-order valence-corrected chi connectivity index (χ1v) is 12.0. The standard InChI is InChI=1S/C30H33F/c1-3-22-5-9-24(10-6-22)13-14-26-16-20-29-28(21-26)19-18-27(30(29)31)17-15-25-11-7-23(4-2)8-12-25/h7-8,11-12,16,18-22,24H,3-6,9-10,13-14H2,1-2H3. The number of benzene rings is 3. The number of hydrogen-bond acceptors (Lipinski definition) is 0. The molecule has 3 aromatic carbocycles. The molecular formula is C30H33F. The molecule has 0 unspecified atom stereocenters. The molecule has 0 nitrogen and oxygen atoms in total. The van der Waals surface area contributed by atoms with Gasteiger partial charge in [0.05, 0.1) is 5.56 Å². The minimum absolute atomic E-state index is 0.209. The molecule has 1 aliphatic carbocycles. The molecule has 0 heterocycles. The summed E-state index contributed by atoms with van der Waals surface area (Å²) >= 11 is 0. The highest BCUT2D eigenvalue weighted by atomic mass is 19.1. The molecule has 0 amide bonds. The van der Waals surface area contributed by atoms with Crippen molar-refractivity contribution >= 4 is 10.8 Å². The lowest BCUT2D eigenvalue weighted by Gasteiger charge is -2.27. The van der Waals surface area contributed by atoms with Crippen molar-refractivity contribution in [3.05, 3.63) is 82.7 Å². The molecule has 31 heavy (non-hydrogen) atoms. The zero-order valence-electron chi connectivity index (χ0n) is 18.9. The Morgan fingerprint density at radius 1 is 0.806 bits per heavy atom. The maximum atomic E-state index is 15.1. The first-order valence-electron chi connectivity index (χ1n) is 12.0. The maximum Gasteiger partial charge on any atom is 0.146 e. The van der Waals surface area contributed by atoms with Crippen LogP contribution in [0, 0.1) is 29.5 Å². The molecule has 0 aliphatic heterocycles. The summed E-state index contributed by atoms with van der Waals surface area (Å²) in [4.78, 5) is 0. The van der Waals surface area contributed by atoms with Gasteiger partial charge in [-0.15, -0.1) is 0 Å². The molecular weight excluding hydrogens is 379 g/mol. The number of rotatable bonds is 5. The first-order chi connectivity index (χ1) is 15.2. The van der Waals surface area contributed by atoms with E-state index in [0.29, 0.717) is 10.9 Å². The van der Waals surface area contributed by atoms with Gasteiger partial charge in [0.15, 0.2) is 0 Å². The lowest BCUT2D eigenvalue weighted by molar-refractivity contribution is 0.259. The van der Waals surface area contributed by atoms with Crippen molar-refractivity contribution in [3.8, 4) is 11.8 Å². The van der Waals surface area contributed by atoms with Crippen LogP contribution >= 0.6 is 0 Å². The zero-order chi connectivity index (χ0) is 21.6. The molecule has 0 N–H and O–H groups in total. The normalized spacial score (nSPS) is 18.5. The Hall–Kier alpha value is -2.59. The first kappa shape index (κ1) is 21.6. The molecule has 0 atom stereocenters. The summed E-state index contributed by atoms with van der Waals surface area (Å²) < 4.78 is 15.1. The number of hydrogen-bond donors (Lipinski definition) is 0. The van der Waals surface area contributed by atoms with Crippen LogP contribution in [0.15, 0.2) is 54.6 Å². The summed E-state index contributed by atoms with van der Waals surface area (Å²) in [5.74, 6) is 7.73. The number of aryl methyl sites for hydroxylation is 2. The monoisotopic (exact) mass is 412 g/mol. The van der Waals surface area contributed by atoms with Crippen LogP contribution in [-0.2, 0) is 12.8 Å². The highest BCUT2D eigenvalue weighted by Crippen LogP contribution is 2.33. The zero-order valence-corrected chi connectivity index (χ0v) is 18.9. The molecule has 0 bridgehead atoms. The van der Waals surface area contributed by atoms with Crippen LogP contribution in [0.3, 0.4) is 0 Å². The Kier molecular flexibility index (Phi) is 7.08. The van der Waals surface area contributed by atoms with Gasteiger partial charge in [-0.2, -0.15) is 0 Å². The maximum absolute atomic E-state index is 15.1. The molecule has 160 valence electrons. The summed E-state index contributed by atoms with van der Waals surface area (Å²) in [5.41, 5.74) is 3.98. The summed E-state index contributed by atoms with van der Waals surface area (Å²) in [6.07, 6.45) is 10.2. The van der Waals surface area contributed by atoms with Crippen LogP contribution in [0.1, 0.15) is 74.6 Å². The van der Waals surface area contributed by atoms with Crippen molar-refractivity contribution in [2.24, 2.45) is 11.8 Å². The van der Waals surface area contributed by atoms with Crippen molar-refractivity contribution in [1.29, 1.82) is 0 Å². The van der Waals surface area contributed by atoms with Crippen molar-refractivity contribution in [3.63, 3.8) is 0 Å². The number of halogens is 1. The van der Waals surface area contributed by atoms with Gasteiger partial charge in [-0.05, 0) is 65.8 Å². The van der Waals surface area contributed by atoms with Gasteiger partial charge in [-0.3, -0.25) is 0 Å². The van der Waals surface area contributed by atoms with Gasteiger partial charge in [0.25, 0.3) is 0 Å². The van der Waals surface area contributed by atoms with Crippen LogP contribution in [0.2, 0.25) is 0 Å². The predicted molar refractivity (Wildman–Crippen MR) is 130 cm³/mol. The Bertz CT molecular complexity index is 1070. The highest BCUT2D eigenvalue weighted by molar-refractivity contribution is 5.85. The van der Waals surface area contributed by atoms with E-state index in [0.717, 1.165) is 35.6 Å². The van der Waals surface area contributed by atoms with Gasteiger partial charge < -0.3 is 0 Å². The SMILES string of the molecule is CCc1ccc(C#Cc2ccc3cc(CCC4CCC(CC)CC4)ccc3c2F)cc1. The van der Waals surface area contributed by atoms with Gasteiger partial charge in [0.1, 0.15) is 5.82 Å². The van der Waals surface area contributed by atoms with Crippen LogP contribution < -0.4 is 0 Å². The van der Waals surface area contributed by atoms with Gasteiger partial charge in [-0.1, -0.05) is 94.2 Å². The van der Waals surface area contributed by atoms with E-state index in [1.54, 1.807) is 0 Å². The van der Waals surface area contributed by atoms with Crippen LogP contribution in [0.4, 0.5) is 4.39 Å². The average molecular weight is 413 g/mol. The van der Waals surface area contributed by atoms with E-state index in [1.807, 2.05) is 30.3 Å². The second-order valence-electron chi connectivity index (χ2n) is 9.12. The molecule has 1 saturated carbocycles. The quantitative estimate of drug-likeness (QED) is 0.371. The van der Waals surface area contributed by atoms with E-state index >= 15 is 4.39 Å². The molecule has 3 aromatic rings. The lowest BCUT2D eigenvalue weighted by atomic mass is 9.78. The smallest absolute Gasteiger partial charge is 0.146 e. The van der Waals surface area contributed by atoms with E-state index in [4.69, 9.17) is 0 Å². The minimum Gasteiger partial charge on any atom is -0.205 e. The molecule has 0 spiro atoms. The van der Waals surface area contributed by atoms with E-state index in [1.165, 1.54) is 49.7 Å². The van der Waals surface area contributed by atoms with Crippen molar-refractivity contribution in [2.75, 3.05) is 0 Å². The minimum atomic E-state index is -0.209. The predicted octanol–water partition coefficient (Wildman–Crippen LogP) is 8.09. The Morgan fingerprint density at radius 3 is 2.23 bits per heavy atom. The highest BCUT2D eigenvalue weighted by Gasteiger charge is 2.19. The van der Waals surface area contributed by atoms with E-state index in [2.05, 4.69) is 50.0 Å². The summed E-state index contributed by atoms with van der Waals surface area (Å²) in [6, 6.07) is 18.2. The van der Waals surface area contributed by atoms with Crippen LogP contribution in [-0.4, -0.2) is 0 Å². The molecule has 0 radical (unpaired) electrons. The Labute approximate surface area is 186 Å². The largest absolute Gasteiger partial charge is 0.205 e. The second-order valence-corrected chi connectivity index (χ2v) is 9.12. The third kappa shape index (κ3) is 5.37. The molecule has 1 heteroatoms. The molecule has 0 aromatic heterocycles. The number of fused-ring (bicyclic) bond motifs is 1. The van der Waals surface area contributed by atoms with Crippen LogP contribution in [0.5, 0.6) is 0 Å². The van der Waals surface area contributed by atoms with E-state index < -0.39 is 0 Å². The summed E-state index contributed by atoms with van der Waals surface area (Å²) in [6.45, 7) is 4.45. The van der Waals surface area contributed by atoms with Crippen molar-refractivity contribution in [2.45, 2.75) is 65.2 Å². The van der Waals surface area contributed by atoms with E-state index in [-0.39, 0.29) is 5.82 Å². The third-order valence-corrected chi connectivity index (χ3v) is 7.11. The lowest BCUT2D eigenvalue weighted by Crippen LogP contribution is -2.14. The third-order valence-electron chi connectivity index (χ3n) is 7.11. The Balaban J connectivity index is 1.45. The van der Waals surface area contributed by atoms with Gasteiger partial charge in [-0.25, -0.2) is 4.39 Å². The molecule has 1 fully saturated rings. The van der Waals surface area contributed by atoms with Crippen molar-refractivity contribution in [1.82, 2.24) is 0 Å². The van der Waals surface area contributed by atoms with Crippen molar-refractivity contribution < 1.29 is 4.39 Å². The Morgan fingerprint density at radius 2 is 1.52 bits per heavy atom. The molecule has 0 saturated heterocycles. The second kappa shape index (κ2) is 10.1. The fourth-order valence-electron chi connectivity index (χ4n) is 4.86. The summed E-state index contributed by atoms with van der Waals surface area (Å²) in [5, 5.41) is 1.64. The van der Waals surface area contributed by atoms with Gasteiger partial charge in [0, 0.05) is 10.9 Å². The van der Waals surface area contributed by atoms with E-state index in [9.17, 15) is 0 Å². The average Bonchev–Trinajstić information content (AvgIpc) is 2.83. The fraction of sp³-hybridized carbons (Fsp3) is 0.400. The summed E-state index contributed by atoms with van der Waals surface area (Å²) in [7, 11) is 0. The molecule has 1 aliphatic rings. The molecule has 4 rings (SSSR count). The topological polar surface area (TPSA) is 0 Å². The van der Waals surface area contributed by atoms with Crippen LogP contribution in [0.25, 0.3) is 10.8 Å². The van der Waals surface area contributed by atoms with Gasteiger partial charge >= 0.3 is 0 Å².